The van der Waals surface area contributed by atoms with E-state index in [4.69, 9.17) is 18.6 Å². The Bertz CT molecular complexity index is 813. The van der Waals surface area contributed by atoms with Crippen LogP contribution in [-0.4, -0.2) is 32.1 Å². The Morgan fingerprint density at radius 3 is 2.41 bits per heavy atom. The Morgan fingerprint density at radius 1 is 1.26 bits per heavy atom. The molecule has 0 saturated heterocycles. The van der Waals surface area contributed by atoms with Gasteiger partial charge in [-0.1, -0.05) is 20.8 Å². The normalized spacial score (nSPS) is 19.9. The smallest absolute Gasteiger partial charge is 0.331 e. The predicted octanol–water partition coefficient (Wildman–Crippen LogP) is 3.87. The number of hydrogen-bond donors (Lipinski definition) is 0. The fraction of sp³-hybridized carbons (Fsp3) is 0.500. The van der Waals surface area contributed by atoms with E-state index < -0.39 is 31.4 Å². The molecule has 0 radical (unpaired) electrons. The number of fused-ring (bicyclic) bond motifs is 1. The minimum Gasteiger partial charge on any atom is -0.454 e. The van der Waals surface area contributed by atoms with Crippen LogP contribution in [0.25, 0.3) is 0 Å². The number of cyclic esters (lactones) is 1. The van der Waals surface area contributed by atoms with Gasteiger partial charge >= 0.3 is 5.97 Å². The van der Waals surface area contributed by atoms with E-state index in [1.807, 2.05) is 13.1 Å². The summed E-state index contributed by atoms with van der Waals surface area (Å²) < 4.78 is 22.5. The van der Waals surface area contributed by atoms with Crippen molar-refractivity contribution in [1.29, 1.82) is 0 Å². The maximum Gasteiger partial charge on any atom is 0.331 e. The minimum atomic E-state index is -2.34. The molecule has 9 heteroatoms. The molecule has 0 aromatic heterocycles. The van der Waals surface area contributed by atoms with Gasteiger partial charge in [-0.25, -0.2) is 4.79 Å². The number of nitro benzene ring substituents is 1. The summed E-state index contributed by atoms with van der Waals surface area (Å²) in [5.74, 6) is 0.232. The quantitative estimate of drug-likeness (QED) is 0.324. The van der Waals surface area contributed by atoms with E-state index in [2.05, 4.69) is 20.8 Å². The average molecular weight is 393 g/mol. The highest BCUT2D eigenvalue weighted by Gasteiger charge is 2.44. The first-order chi connectivity index (χ1) is 12.5. The van der Waals surface area contributed by atoms with Gasteiger partial charge in [-0.3, -0.25) is 10.1 Å². The van der Waals surface area contributed by atoms with Crippen molar-refractivity contribution in [2.45, 2.75) is 51.1 Å². The Balaban J connectivity index is 2.09. The van der Waals surface area contributed by atoms with Gasteiger partial charge in [0.05, 0.1) is 16.6 Å². The SMILES string of the molecule is CC(C)(C)[Si](C)(C)O[C@@H](c1cc2c(cc1[N+](=O)[O-])OCO2)[C@@H]1C=CC(=O)O1. The molecule has 146 valence electrons. The van der Waals surface area contributed by atoms with Crippen LogP contribution in [0.15, 0.2) is 24.3 Å². The maximum atomic E-state index is 11.7. The van der Waals surface area contributed by atoms with Gasteiger partial charge in [-0.15, -0.1) is 0 Å². The Morgan fingerprint density at radius 2 is 1.89 bits per heavy atom. The van der Waals surface area contributed by atoms with E-state index in [0.717, 1.165) is 0 Å². The van der Waals surface area contributed by atoms with Gasteiger partial charge in [0.1, 0.15) is 6.10 Å². The third kappa shape index (κ3) is 3.70. The van der Waals surface area contributed by atoms with Gasteiger partial charge in [0.25, 0.3) is 5.69 Å². The first kappa shape index (κ1) is 19.4. The minimum absolute atomic E-state index is 0.00200. The molecule has 27 heavy (non-hydrogen) atoms. The molecule has 2 aliphatic rings. The van der Waals surface area contributed by atoms with Crippen molar-refractivity contribution in [3.05, 3.63) is 40.0 Å². The van der Waals surface area contributed by atoms with E-state index in [1.165, 1.54) is 12.1 Å². The highest BCUT2D eigenvalue weighted by Crippen LogP contribution is 2.46. The molecule has 2 aliphatic heterocycles. The van der Waals surface area contributed by atoms with E-state index in [-0.39, 0.29) is 17.5 Å². The fourth-order valence-corrected chi connectivity index (χ4v) is 3.93. The second-order valence-corrected chi connectivity index (χ2v) is 12.8. The highest BCUT2D eigenvalue weighted by molar-refractivity contribution is 6.74. The molecule has 0 spiro atoms. The third-order valence-electron chi connectivity index (χ3n) is 5.23. The lowest BCUT2D eigenvalue weighted by atomic mass is 10.0. The second kappa shape index (κ2) is 6.65. The van der Waals surface area contributed by atoms with Gasteiger partial charge < -0.3 is 18.6 Å². The maximum absolute atomic E-state index is 11.7. The lowest BCUT2D eigenvalue weighted by Crippen LogP contribution is -2.44. The standard InChI is InChI=1S/C18H23NO7Si/c1-18(2,3)27(4,5)26-17(13-6-7-16(20)25-13)11-8-14-15(24-10-23-14)9-12(11)19(21)22/h6-9,13,17H,10H2,1-5H3/t13-,17-/m0/s1. The number of rotatable bonds is 5. The molecule has 0 fully saturated rings. The summed E-state index contributed by atoms with van der Waals surface area (Å²) in [6.07, 6.45) is 1.33. The van der Waals surface area contributed by atoms with Crippen molar-refractivity contribution in [2.24, 2.45) is 0 Å². The summed E-state index contributed by atoms with van der Waals surface area (Å²) >= 11 is 0. The topological polar surface area (TPSA) is 97.1 Å². The molecule has 0 aliphatic carbocycles. The molecule has 1 aromatic carbocycles. The summed E-state index contributed by atoms with van der Waals surface area (Å²) in [5, 5.41) is 11.6. The van der Waals surface area contributed by atoms with Crippen molar-refractivity contribution in [2.75, 3.05) is 6.79 Å². The van der Waals surface area contributed by atoms with E-state index in [1.54, 1.807) is 12.1 Å². The number of esters is 1. The lowest BCUT2D eigenvalue weighted by molar-refractivity contribution is -0.386. The van der Waals surface area contributed by atoms with Crippen LogP contribution >= 0.6 is 0 Å². The molecule has 0 N–H and O–H groups in total. The van der Waals surface area contributed by atoms with Gasteiger partial charge in [0.15, 0.2) is 25.9 Å². The molecular weight excluding hydrogens is 370 g/mol. The number of carbonyl (C=O) groups excluding carboxylic acids is 1. The first-order valence-corrected chi connectivity index (χ1v) is 11.5. The van der Waals surface area contributed by atoms with Gasteiger partial charge in [-0.05, 0) is 30.3 Å². The Kier molecular flexibility index (Phi) is 4.77. The van der Waals surface area contributed by atoms with Crippen LogP contribution in [0.3, 0.4) is 0 Å². The molecule has 2 atom stereocenters. The molecule has 8 nitrogen and oxygen atoms in total. The van der Waals surface area contributed by atoms with Crippen molar-refractivity contribution in [3.8, 4) is 11.5 Å². The fourth-order valence-electron chi connectivity index (χ4n) is 2.68. The number of nitro groups is 1. The zero-order valence-electron chi connectivity index (χ0n) is 16.0. The predicted molar refractivity (Wildman–Crippen MR) is 99.3 cm³/mol. The molecule has 1 aromatic rings. The van der Waals surface area contributed by atoms with Crippen LogP contribution in [0.5, 0.6) is 11.5 Å². The number of hydrogen-bond acceptors (Lipinski definition) is 7. The molecule has 0 unspecified atom stereocenters. The van der Waals surface area contributed by atoms with Gasteiger partial charge in [0.2, 0.25) is 6.79 Å². The molecule has 0 bridgehead atoms. The molecule has 2 heterocycles. The largest absolute Gasteiger partial charge is 0.454 e. The van der Waals surface area contributed by atoms with Crippen molar-refractivity contribution >= 4 is 20.0 Å². The van der Waals surface area contributed by atoms with E-state index in [0.29, 0.717) is 17.1 Å². The third-order valence-corrected chi connectivity index (χ3v) is 9.68. The van der Waals surface area contributed by atoms with Crippen LogP contribution in [0.1, 0.15) is 32.4 Å². The van der Waals surface area contributed by atoms with Crippen LogP contribution in [-0.2, 0) is 14.0 Å². The van der Waals surface area contributed by atoms with Gasteiger partial charge in [0, 0.05) is 6.08 Å². The zero-order valence-corrected chi connectivity index (χ0v) is 17.0. The van der Waals surface area contributed by atoms with Crippen molar-refractivity contribution in [3.63, 3.8) is 0 Å². The molecule has 0 amide bonds. The zero-order chi connectivity index (χ0) is 20.0. The highest BCUT2D eigenvalue weighted by atomic mass is 28.4. The van der Waals surface area contributed by atoms with Crippen molar-refractivity contribution < 1.29 is 28.4 Å². The Hall–Kier alpha value is -2.39. The Labute approximate surface area is 158 Å². The number of carbonyl (C=O) groups is 1. The van der Waals surface area contributed by atoms with Crippen LogP contribution in [0.4, 0.5) is 5.69 Å². The molecular formula is C18H23NO7Si. The summed E-state index contributed by atoms with van der Waals surface area (Å²) in [7, 11) is -2.34. The molecule has 3 rings (SSSR count). The summed E-state index contributed by atoms with van der Waals surface area (Å²) in [6, 6.07) is 2.89. The number of nitrogens with zero attached hydrogens (tertiary/aromatic N) is 1. The van der Waals surface area contributed by atoms with Crippen LogP contribution < -0.4 is 9.47 Å². The summed E-state index contributed by atoms with van der Waals surface area (Å²) in [6.45, 7) is 10.3. The number of ether oxygens (including phenoxy) is 3. The van der Waals surface area contributed by atoms with E-state index in [9.17, 15) is 14.9 Å². The monoisotopic (exact) mass is 393 g/mol. The van der Waals surface area contributed by atoms with E-state index >= 15 is 0 Å². The molecule has 0 saturated carbocycles. The van der Waals surface area contributed by atoms with Crippen LogP contribution in [0, 0.1) is 10.1 Å². The number of benzene rings is 1. The lowest BCUT2D eigenvalue weighted by Gasteiger charge is -2.40. The summed E-state index contributed by atoms with van der Waals surface area (Å²) in [5.41, 5.74) is 0.151. The van der Waals surface area contributed by atoms with Gasteiger partial charge in [-0.2, -0.15) is 0 Å². The first-order valence-electron chi connectivity index (χ1n) is 8.64. The summed E-state index contributed by atoms with van der Waals surface area (Å²) in [4.78, 5) is 22.8. The second-order valence-electron chi connectivity index (χ2n) is 8.08. The van der Waals surface area contributed by atoms with Crippen LogP contribution in [0.2, 0.25) is 18.1 Å². The average Bonchev–Trinajstić information content (AvgIpc) is 3.18. The van der Waals surface area contributed by atoms with Crippen molar-refractivity contribution in [1.82, 2.24) is 0 Å².